The van der Waals surface area contributed by atoms with Crippen molar-refractivity contribution in [2.45, 2.75) is 49.5 Å². The molecule has 10 heteroatoms. The summed E-state index contributed by atoms with van der Waals surface area (Å²) in [6.45, 7) is 0.424. The molecule has 2 aromatic carbocycles. The molecule has 0 radical (unpaired) electrons. The molecule has 3 N–H and O–H groups in total. The van der Waals surface area contributed by atoms with E-state index in [0.717, 1.165) is 48.6 Å². The lowest BCUT2D eigenvalue weighted by Gasteiger charge is -2.22. The van der Waals surface area contributed by atoms with Crippen LogP contribution in [0.15, 0.2) is 65.6 Å². The minimum atomic E-state index is -3.97. The standard InChI is InChI=1S/C26H31N5O4S/c1-31(26(33)29-24-16-13-20-7-5-6-10-23(20)28-24)18-17-19-11-14-22(15-12-19)36(34,35)30-25(32)27-21-8-3-2-4-9-21/h5-7,10-16,21H,2-4,8-9,17-18H2,1H3,(H2,27,30,32)(H,28,29,33). The quantitative estimate of drug-likeness (QED) is 0.439. The van der Waals surface area contributed by atoms with Gasteiger partial charge in [0, 0.05) is 25.0 Å². The number of nitrogens with one attached hydrogen (secondary N) is 3. The van der Waals surface area contributed by atoms with Gasteiger partial charge in [0.25, 0.3) is 10.0 Å². The molecule has 0 aliphatic heterocycles. The monoisotopic (exact) mass is 509 g/mol. The van der Waals surface area contributed by atoms with Crippen LogP contribution < -0.4 is 15.4 Å². The second kappa shape index (κ2) is 11.4. The number of rotatable bonds is 7. The highest BCUT2D eigenvalue weighted by Crippen LogP contribution is 2.18. The number of fused-ring (bicyclic) bond motifs is 1. The Balaban J connectivity index is 1.27. The molecule has 0 atom stereocenters. The van der Waals surface area contributed by atoms with Gasteiger partial charge in [0.05, 0.1) is 10.4 Å². The minimum absolute atomic E-state index is 0.0125. The summed E-state index contributed by atoms with van der Waals surface area (Å²) in [4.78, 5) is 30.7. The van der Waals surface area contributed by atoms with Crippen LogP contribution in [-0.4, -0.2) is 50.0 Å². The number of hydrogen-bond acceptors (Lipinski definition) is 5. The van der Waals surface area contributed by atoms with E-state index >= 15 is 0 Å². The molecule has 4 rings (SSSR count). The Morgan fingerprint density at radius 1 is 0.972 bits per heavy atom. The molecule has 1 aliphatic rings. The molecule has 1 fully saturated rings. The van der Waals surface area contributed by atoms with Crippen LogP contribution in [0, 0.1) is 0 Å². The lowest BCUT2D eigenvalue weighted by molar-refractivity contribution is 0.223. The van der Waals surface area contributed by atoms with Gasteiger partial charge in [0.1, 0.15) is 5.82 Å². The SMILES string of the molecule is CN(CCc1ccc(S(=O)(=O)NC(=O)NC2CCCCC2)cc1)C(=O)Nc1ccc2ccccc2n1. The first-order valence-electron chi connectivity index (χ1n) is 12.1. The van der Waals surface area contributed by atoms with E-state index in [1.165, 1.54) is 12.1 Å². The van der Waals surface area contributed by atoms with Crippen LogP contribution in [-0.2, 0) is 16.4 Å². The van der Waals surface area contributed by atoms with Gasteiger partial charge in [-0.2, -0.15) is 0 Å². The summed E-state index contributed by atoms with van der Waals surface area (Å²) in [6, 6.07) is 16.7. The number of hydrogen-bond donors (Lipinski definition) is 3. The minimum Gasteiger partial charge on any atom is -0.335 e. The molecule has 0 spiro atoms. The molecule has 3 aromatic rings. The first-order chi connectivity index (χ1) is 17.3. The fraction of sp³-hybridized carbons (Fsp3) is 0.346. The Morgan fingerprint density at radius 3 is 2.44 bits per heavy atom. The molecule has 1 heterocycles. The van der Waals surface area contributed by atoms with Gasteiger partial charge in [0.15, 0.2) is 0 Å². The summed E-state index contributed by atoms with van der Waals surface area (Å²) in [5.74, 6) is 0.472. The van der Waals surface area contributed by atoms with E-state index in [1.54, 1.807) is 30.1 Å². The number of carbonyl (C=O) groups excluding carboxylic acids is 2. The number of sulfonamides is 1. The number of anilines is 1. The summed E-state index contributed by atoms with van der Waals surface area (Å²) in [5.41, 5.74) is 1.66. The van der Waals surface area contributed by atoms with Gasteiger partial charge in [-0.05, 0) is 55.2 Å². The van der Waals surface area contributed by atoms with Crippen molar-refractivity contribution >= 4 is 38.8 Å². The van der Waals surface area contributed by atoms with Gasteiger partial charge >= 0.3 is 12.1 Å². The molecule has 0 bridgehead atoms. The molecular weight excluding hydrogens is 478 g/mol. The van der Waals surface area contributed by atoms with Crippen molar-refractivity contribution in [2.24, 2.45) is 0 Å². The van der Waals surface area contributed by atoms with Gasteiger partial charge < -0.3 is 10.2 Å². The van der Waals surface area contributed by atoms with E-state index in [9.17, 15) is 18.0 Å². The van der Waals surface area contributed by atoms with Gasteiger partial charge in [-0.1, -0.05) is 49.6 Å². The van der Waals surface area contributed by atoms with Crippen molar-refractivity contribution in [3.63, 3.8) is 0 Å². The Labute approximate surface area is 211 Å². The molecule has 1 saturated carbocycles. The van der Waals surface area contributed by atoms with Gasteiger partial charge in [-0.15, -0.1) is 0 Å². The van der Waals surface area contributed by atoms with Crippen LogP contribution >= 0.6 is 0 Å². The van der Waals surface area contributed by atoms with Crippen LogP contribution in [0.3, 0.4) is 0 Å². The van der Waals surface area contributed by atoms with E-state index in [2.05, 4.69) is 20.3 Å². The number of aromatic nitrogens is 1. The Hall–Kier alpha value is -3.66. The Kier molecular flexibility index (Phi) is 8.04. The summed E-state index contributed by atoms with van der Waals surface area (Å²) >= 11 is 0. The van der Waals surface area contributed by atoms with E-state index in [-0.39, 0.29) is 17.0 Å². The molecule has 0 saturated heterocycles. The fourth-order valence-corrected chi connectivity index (χ4v) is 5.13. The predicted octanol–water partition coefficient (Wildman–Crippen LogP) is 4.26. The zero-order chi connectivity index (χ0) is 25.5. The highest BCUT2D eigenvalue weighted by Gasteiger charge is 2.21. The predicted molar refractivity (Wildman–Crippen MR) is 139 cm³/mol. The molecule has 4 amide bonds. The first-order valence-corrected chi connectivity index (χ1v) is 13.6. The average molecular weight is 510 g/mol. The number of pyridine rings is 1. The second-order valence-electron chi connectivity index (χ2n) is 9.05. The third kappa shape index (κ3) is 6.72. The summed E-state index contributed by atoms with van der Waals surface area (Å²) in [6.07, 6.45) is 5.49. The Bertz CT molecular complexity index is 1320. The van der Waals surface area contributed by atoms with Crippen LogP contribution in [0.4, 0.5) is 15.4 Å². The first kappa shape index (κ1) is 25.4. The highest BCUT2D eigenvalue weighted by molar-refractivity contribution is 7.90. The maximum atomic E-state index is 12.6. The molecule has 36 heavy (non-hydrogen) atoms. The number of para-hydroxylation sites is 1. The van der Waals surface area contributed by atoms with Crippen molar-refractivity contribution < 1.29 is 18.0 Å². The zero-order valence-corrected chi connectivity index (χ0v) is 21.1. The Morgan fingerprint density at radius 2 is 1.69 bits per heavy atom. The second-order valence-corrected chi connectivity index (χ2v) is 10.7. The van der Waals surface area contributed by atoms with Gasteiger partial charge in [-0.3, -0.25) is 5.32 Å². The van der Waals surface area contributed by atoms with Crippen LogP contribution in [0.25, 0.3) is 10.9 Å². The third-order valence-electron chi connectivity index (χ3n) is 6.32. The fourth-order valence-electron chi connectivity index (χ4n) is 4.22. The van der Waals surface area contributed by atoms with Crippen molar-refractivity contribution in [1.82, 2.24) is 19.9 Å². The lowest BCUT2D eigenvalue weighted by Crippen LogP contribution is -2.45. The van der Waals surface area contributed by atoms with E-state index < -0.39 is 16.1 Å². The van der Waals surface area contributed by atoms with E-state index in [4.69, 9.17) is 0 Å². The van der Waals surface area contributed by atoms with Crippen molar-refractivity contribution in [2.75, 3.05) is 18.9 Å². The summed E-state index contributed by atoms with van der Waals surface area (Å²) in [5, 5.41) is 6.54. The van der Waals surface area contributed by atoms with Gasteiger partial charge in [0.2, 0.25) is 0 Å². The lowest BCUT2D eigenvalue weighted by atomic mass is 9.96. The molecule has 190 valence electrons. The summed E-state index contributed by atoms with van der Waals surface area (Å²) in [7, 11) is -2.28. The molecular formula is C26H31N5O4S. The normalized spacial score (nSPS) is 14.2. The maximum Gasteiger partial charge on any atom is 0.328 e. The number of benzene rings is 2. The number of urea groups is 2. The topological polar surface area (TPSA) is 121 Å². The summed E-state index contributed by atoms with van der Waals surface area (Å²) < 4.78 is 27.2. The highest BCUT2D eigenvalue weighted by atomic mass is 32.2. The van der Waals surface area contributed by atoms with Gasteiger partial charge in [-0.25, -0.2) is 27.7 Å². The maximum absolute atomic E-state index is 12.6. The number of amides is 4. The molecule has 1 aromatic heterocycles. The van der Waals surface area contributed by atoms with Crippen molar-refractivity contribution in [3.8, 4) is 0 Å². The average Bonchev–Trinajstić information content (AvgIpc) is 2.87. The molecule has 9 nitrogen and oxygen atoms in total. The number of likely N-dealkylation sites (N-methyl/N-ethyl adjacent to an activating group) is 1. The van der Waals surface area contributed by atoms with Crippen molar-refractivity contribution in [1.29, 1.82) is 0 Å². The van der Waals surface area contributed by atoms with E-state index in [1.807, 2.05) is 30.3 Å². The van der Waals surface area contributed by atoms with Crippen LogP contribution in [0.2, 0.25) is 0 Å². The number of nitrogens with zero attached hydrogens (tertiary/aromatic N) is 2. The van der Waals surface area contributed by atoms with Crippen LogP contribution in [0.1, 0.15) is 37.7 Å². The van der Waals surface area contributed by atoms with Crippen molar-refractivity contribution in [3.05, 3.63) is 66.2 Å². The smallest absolute Gasteiger partial charge is 0.328 e. The molecule has 0 unspecified atom stereocenters. The number of carbonyl (C=O) groups is 2. The molecule has 1 aliphatic carbocycles. The van der Waals surface area contributed by atoms with Crippen LogP contribution in [0.5, 0.6) is 0 Å². The third-order valence-corrected chi connectivity index (χ3v) is 7.66. The largest absolute Gasteiger partial charge is 0.335 e. The van der Waals surface area contributed by atoms with E-state index in [0.29, 0.717) is 18.8 Å². The zero-order valence-electron chi connectivity index (χ0n) is 20.2.